The van der Waals surface area contributed by atoms with E-state index in [9.17, 15) is 13.2 Å². The smallest absolute Gasteiger partial charge is 0.250 e. The minimum absolute atomic E-state index is 0.00393. The Morgan fingerprint density at radius 1 is 1.18 bits per heavy atom. The lowest BCUT2D eigenvalue weighted by atomic mass is 9.81. The molecule has 0 bridgehead atoms. The van der Waals surface area contributed by atoms with Crippen LogP contribution in [0, 0.1) is 11.8 Å². The van der Waals surface area contributed by atoms with Crippen LogP contribution < -0.4 is 14.8 Å². The van der Waals surface area contributed by atoms with Gasteiger partial charge in [-0.05, 0) is 60.7 Å². The van der Waals surface area contributed by atoms with Crippen molar-refractivity contribution in [1.82, 2.24) is 10.0 Å². The molecule has 1 saturated carbocycles. The summed E-state index contributed by atoms with van der Waals surface area (Å²) in [6, 6.07) is 11.0. The first kappa shape index (κ1) is 20.8. The number of hydrogen-bond donors (Lipinski definition) is 2. The van der Waals surface area contributed by atoms with Gasteiger partial charge in [0.1, 0.15) is 9.96 Å². The van der Waals surface area contributed by atoms with Crippen LogP contribution >= 0.6 is 11.3 Å². The average molecular weight is 423 g/mol. The second kappa shape index (κ2) is 9.54. The largest absolute Gasteiger partial charge is 0.497 e. The minimum Gasteiger partial charge on any atom is -0.497 e. The summed E-state index contributed by atoms with van der Waals surface area (Å²) in [6.45, 7) is 0.912. The Balaban J connectivity index is 1.41. The lowest BCUT2D eigenvalue weighted by Gasteiger charge is -2.27. The number of ether oxygens (including phenoxy) is 1. The van der Waals surface area contributed by atoms with Crippen LogP contribution in [0.3, 0.4) is 0 Å². The molecule has 0 spiro atoms. The molecule has 0 saturated heterocycles. The second-order valence-electron chi connectivity index (χ2n) is 7.07. The van der Waals surface area contributed by atoms with E-state index in [1.54, 1.807) is 24.6 Å². The summed E-state index contributed by atoms with van der Waals surface area (Å²) in [5.41, 5.74) is 1.00. The first-order valence-corrected chi connectivity index (χ1v) is 11.8. The highest BCUT2D eigenvalue weighted by Gasteiger charge is 2.27. The quantitative estimate of drug-likeness (QED) is 0.684. The predicted molar refractivity (Wildman–Crippen MR) is 110 cm³/mol. The van der Waals surface area contributed by atoms with Crippen molar-refractivity contribution in [2.24, 2.45) is 11.8 Å². The van der Waals surface area contributed by atoms with Crippen LogP contribution in [0.1, 0.15) is 31.2 Å². The molecule has 28 heavy (non-hydrogen) atoms. The number of carbonyl (C=O) groups excluding carboxylic acids is 1. The van der Waals surface area contributed by atoms with Crippen molar-refractivity contribution in [2.75, 3.05) is 13.7 Å². The van der Waals surface area contributed by atoms with Gasteiger partial charge in [0.25, 0.3) is 0 Å². The summed E-state index contributed by atoms with van der Waals surface area (Å²) in [4.78, 5) is 12.5. The molecule has 0 aliphatic heterocycles. The normalized spacial score (nSPS) is 19.9. The highest BCUT2D eigenvalue weighted by Crippen LogP contribution is 2.29. The third-order valence-corrected chi connectivity index (χ3v) is 7.96. The van der Waals surface area contributed by atoms with E-state index >= 15 is 0 Å². The average Bonchev–Trinajstić information content (AvgIpc) is 3.27. The van der Waals surface area contributed by atoms with Gasteiger partial charge in [-0.25, -0.2) is 13.1 Å². The summed E-state index contributed by atoms with van der Waals surface area (Å²) < 4.78 is 32.6. The summed E-state index contributed by atoms with van der Waals surface area (Å²) >= 11 is 1.22. The number of rotatable bonds is 8. The maximum atomic E-state index is 12.5. The number of carbonyl (C=O) groups is 1. The first-order chi connectivity index (χ1) is 13.5. The highest BCUT2D eigenvalue weighted by molar-refractivity contribution is 7.91. The number of hydrogen-bond acceptors (Lipinski definition) is 5. The number of benzene rings is 1. The molecule has 2 N–H and O–H groups in total. The molecule has 1 fully saturated rings. The van der Waals surface area contributed by atoms with Crippen LogP contribution in [0.5, 0.6) is 5.75 Å². The van der Waals surface area contributed by atoms with Gasteiger partial charge in [0, 0.05) is 19.0 Å². The van der Waals surface area contributed by atoms with Gasteiger partial charge in [-0.3, -0.25) is 4.79 Å². The molecular formula is C20H26N2O4S2. The van der Waals surface area contributed by atoms with Gasteiger partial charge in [0.2, 0.25) is 15.9 Å². The third kappa shape index (κ3) is 5.56. The maximum absolute atomic E-state index is 12.5. The third-order valence-electron chi connectivity index (χ3n) is 5.14. The molecule has 1 heterocycles. The van der Waals surface area contributed by atoms with E-state index in [0.717, 1.165) is 37.0 Å². The van der Waals surface area contributed by atoms with E-state index in [1.807, 2.05) is 24.3 Å². The van der Waals surface area contributed by atoms with E-state index in [2.05, 4.69) is 10.0 Å². The predicted octanol–water partition coefficient (Wildman–Crippen LogP) is 3.16. The minimum atomic E-state index is -3.41. The molecule has 1 amide bonds. The molecule has 0 radical (unpaired) electrons. The van der Waals surface area contributed by atoms with Gasteiger partial charge < -0.3 is 10.1 Å². The molecular weight excluding hydrogens is 396 g/mol. The fourth-order valence-electron chi connectivity index (χ4n) is 3.46. The monoisotopic (exact) mass is 422 g/mol. The van der Waals surface area contributed by atoms with Crippen molar-refractivity contribution < 1.29 is 17.9 Å². The number of nitrogens with one attached hydrogen (secondary N) is 2. The number of amides is 1. The zero-order valence-corrected chi connectivity index (χ0v) is 17.5. The second-order valence-corrected chi connectivity index (χ2v) is 10.0. The lowest BCUT2D eigenvalue weighted by Crippen LogP contribution is -2.35. The molecule has 6 nitrogen and oxygen atoms in total. The topological polar surface area (TPSA) is 84.5 Å². The zero-order valence-electron chi connectivity index (χ0n) is 15.9. The summed E-state index contributed by atoms with van der Waals surface area (Å²) in [6.07, 6.45) is 3.28. The molecule has 1 aliphatic carbocycles. The Morgan fingerprint density at radius 2 is 1.96 bits per heavy atom. The maximum Gasteiger partial charge on any atom is 0.250 e. The Morgan fingerprint density at radius 3 is 2.64 bits per heavy atom. The van der Waals surface area contributed by atoms with Gasteiger partial charge >= 0.3 is 0 Å². The molecule has 8 heteroatoms. The SMILES string of the molecule is COc1cccc(CNC(=O)C2CCC(CNS(=O)(=O)c3cccs3)CC2)c1. The molecule has 1 aromatic carbocycles. The Bertz CT molecular complexity index is 873. The van der Waals surface area contributed by atoms with Gasteiger partial charge in [-0.2, -0.15) is 0 Å². The lowest BCUT2D eigenvalue weighted by molar-refractivity contribution is -0.126. The van der Waals surface area contributed by atoms with Crippen molar-refractivity contribution in [1.29, 1.82) is 0 Å². The fourth-order valence-corrected chi connectivity index (χ4v) is 5.61. The molecule has 1 aliphatic rings. The molecule has 0 unspecified atom stereocenters. The number of sulfonamides is 1. The fraction of sp³-hybridized carbons (Fsp3) is 0.450. The molecule has 2 aromatic rings. The highest BCUT2D eigenvalue weighted by atomic mass is 32.2. The summed E-state index contributed by atoms with van der Waals surface area (Å²) in [7, 11) is -1.79. The Labute approximate surface area is 170 Å². The van der Waals surface area contributed by atoms with Crippen LogP contribution in [0.4, 0.5) is 0 Å². The van der Waals surface area contributed by atoms with Gasteiger partial charge in [-0.1, -0.05) is 18.2 Å². The summed E-state index contributed by atoms with van der Waals surface area (Å²) in [5, 5.41) is 4.76. The number of thiophene rings is 1. The molecule has 1 aromatic heterocycles. The van der Waals surface area contributed by atoms with Crippen LogP contribution in [0.2, 0.25) is 0 Å². The van der Waals surface area contributed by atoms with Gasteiger partial charge in [-0.15, -0.1) is 11.3 Å². The van der Waals surface area contributed by atoms with E-state index in [1.165, 1.54) is 11.3 Å². The number of methoxy groups -OCH3 is 1. The zero-order chi connectivity index (χ0) is 20.0. The molecule has 0 atom stereocenters. The molecule has 3 rings (SSSR count). The van der Waals surface area contributed by atoms with Crippen molar-refractivity contribution in [3.8, 4) is 5.75 Å². The van der Waals surface area contributed by atoms with Crippen molar-refractivity contribution in [3.63, 3.8) is 0 Å². The standard InChI is InChI=1S/C20H26N2O4S2/c1-26-18-5-2-4-16(12-18)13-21-20(23)17-9-7-15(8-10-17)14-22-28(24,25)19-6-3-11-27-19/h2-6,11-12,15,17,22H,7-10,13-14H2,1H3,(H,21,23). The molecule has 152 valence electrons. The van der Waals surface area contributed by atoms with Crippen LogP contribution in [0.15, 0.2) is 46.0 Å². The van der Waals surface area contributed by atoms with Gasteiger partial charge in [0.05, 0.1) is 7.11 Å². The Hall–Kier alpha value is -1.90. The first-order valence-electron chi connectivity index (χ1n) is 9.42. The Kier molecular flexibility index (Phi) is 7.09. The van der Waals surface area contributed by atoms with E-state index in [0.29, 0.717) is 17.3 Å². The van der Waals surface area contributed by atoms with Crippen LogP contribution in [-0.4, -0.2) is 28.0 Å². The van der Waals surface area contributed by atoms with Crippen molar-refractivity contribution in [2.45, 2.75) is 36.4 Å². The summed E-state index contributed by atoms with van der Waals surface area (Å²) in [5.74, 6) is 1.12. The van der Waals surface area contributed by atoms with Crippen molar-refractivity contribution >= 4 is 27.3 Å². The van der Waals surface area contributed by atoms with E-state index < -0.39 is 10.0 Å². The van der Waals surface area contributed by atoms with E-state index in [4.69, 9.17) is 4.74 Å². The van der Waals surface area contributed by atoms with Crippen molar-refractivity contribution in [3.05, 3.63) is 47.3 Å². The van der Waals surface area contributed by atoms with Crippen LogP contribution in [-0.2, 0) is 21.4 Å². The van der Waals surface area contributed by atoms with E-state index in [-0.39, 0.29) is 17.7 Å². The van der Waals surface area contributed by atoms with Gasteiger partial charge in [0.15, 0.2) is 0 Å². The van der Waals surface area contributed by atoms with Crippen LogP contribution in [0.25, 0.3) is 0 Å².